The number of aryl methyl sites for hydroxylation is 1. The molecule has 0 saturated carbocycles. The van der Waals surface area contributed by atoms with Crippen molar-refractivity contribution in [3.63, 3.8) is 0 Å². The second-order valence-corrected chi connectivity index (χ2v) is 4.03. The van der Waals surface area contributed by atoms with Crippen LogP contribution in [0.4, 0.5) is 0 Å². The fourth-order valence-corrected chi connectivity index (χ4v) is 1.35. The van der Waals surface area contributed by atoms with Crippen molar-refractivity contribution >= 4 is 0 Å². The first-order valence-corrected chi connectivity index (χ1v) is 5.21. The van der Waals surface area contributed by atoms with Crippen LogP contribution in [0, 0.1) is 5.92 Å². The number of nitrogens with two attached hydrogens (primary N) is 1. The molecule has 0 radical (unpaired) electrons. The fraction of sp³-hybridized carbons (Fsp3) is 0.800. The minimum atomic E-state index is -0.117. The molecule has 1 heterocycles. The lowest BCUT2D eigenvalue weighted by molar-refractivity contribution is 0.332. The molecule has 2 N–H and O–H groups in total. The summed E-state index contributed by atoms with van der Waals surface area (Å²) in [5.74, 6) is 1.88. The van der Waals surface area contributed by atoms with E-state index < -0.39 is 0 Å². The third kappa shape index (κ3) is 3.10. The van der Waals surface area contributed by atoms with Crippen LogP contribution < -0.4 is 5.73 Å². The zero-order valence-electron chi connectivity index (χ0n) is 9.16. The molecule has 0 amide bonds. The van der Waals surface area contributed by atoms with Crippen molar-refractivity contribution < 1.29 is 4.52 Å². The third-order valence-corrected chi connectivity index (χ3v) is 2.00. The zero-order valence-corrected chi connectivity index (χ0v) is 9.16. The summed E-state index contributed by atoms with van der Waals surface area (Å²) in [6.07, 6.45) is 2.77. The van der Waals surface area contributed by atoms with Crippen LogP contribution in [-0.2, 0) is 6.42 Å². The summed E-state index contributed by atoms with van der Waals surface area (Å²) in [6.45, 7) is 6.34. The van der Waals surface area contributed by atoms with Crippen molar-refractivity contribution in [2.45, 2.75) is 46.1 Å². The van der Waals surface area contributed by atoms with Crippen LogP contribution in [0.15, 0.2) is 4.52 Å². The van der Waals surface area contributed by atoms with Gasteiger partial charge in [0.15, 0.2) is 5.82 Å². The number of hydrogen-bond acceptors (Lipinski definition) is 4. The molecule has 1 aromatic heterocycles. The lowest BCUT2D eigenvalue weighted by atomic mass is 10.0. The molecule has 1 aromatic rings. The summed E-state index contributed by atoms with van der Waals surface area (Å²) in [6, 6.07) is -0.117. The van der Waals surface area contributed by atoms with Gasteiger partial charge in [-0.05, 0) is 18.8 Å². The van der Waals surface area contributed by atoms with Gasteiger partial charge in [-0.2, -0.15) is 4.98 Å². The molecule has 0 fully saturated rings. The Morgan fingerprint density at radius 2 is 2.14 bits per heavy atom. The van der Waals surface area contributed by atoms with E-state index in [9.17, 15) is 0 Å². The molecule has 1 unspecified atom stereocenters. The van der Waals surface area contributed by atoms with Gasteiger partial charge in [-0.15, -0.1) is 0 Å². The highest BCUT2D eigenvalue weighted by molar-refractivity contribution is 4.91. The van der Waals surface area contributed by atoms with Crippen molar-refractivity contribution in [2.75, 3.05) is 0 Å². The van der Waals surface area contributed by atoms with Crippen LogP contribution in [0.3, 0.4) is 0 Å². The highest BCUT2D eigenvalue weighted by atomic mass is 16.5. The van der Waals surface area contributed by atoms with Crippen molar-refractivity contribution in [3.8, 4) is 0 Å². The highest BCUT2D eigenvalue weighted by Gasteiger charge is 2.15. The van der Waals surface area contributed by atoms with Gasteiger partial charge in [0.25, 0.3) is 0 Å². The molecule has 0 aliphatic carbocycles. The van der Waals surface area contributed by atoms with Crippen molar-refractivity contribution in [1.29, 1.82) is 0 Å². The molecule has 0 saturated heterocycles. The Bertz CT molecular complexity index is 270. The molecule has 0 aliphatic heterocycles. The summed E-state index contributed by atoms with van der Waals surface area (Å²) in [7, 11) is 0. The van der Waals surface area contributed by atoms with E-state index in [4.69, 9.17) is 10.3 Å². The largest absolute Gasteiger partial charge is 0.338 e. The van der Waals surface area contributed by atoms with E-state index in [0.717, 1.165) is 25.1 Å². The SMILES string of the molecule is CCCc1noc(C(N)CC(C)C)n1. The van der Waals surface area contributed by atoms with E-state index in [1.807, 2.05) is 0 Å². The van der Waals surface area contributed by atoms with Crippen molar-refractivity contribution in [1.82, 2.24) is 10.1 Å². The third-order valence-electron chi connectivity index (χ3n) is 2.00. The average molecular weight is 197 g/mol. The average Bonchev–Trinajstić information content (AvgIpc) is 2.52. The number of hydrogen-bond donors (Lipinski definition) is 1. The maximum Gasteiger partial charge on any atom is 0.243 e. The Morgan fingerprint density at radius 3 is 2.71 bits per heavy atom. The fourth-order valence-electron chi connectivity index (χ4n) is 1.35. The number of aromatic nitrogens is 2. The van der Waals surface area contributed by atoms with Gasteiger partial charge in [0.2, 0.25) is 5.89 Å². The van der Waals surface area contributed by atoms with Gasteiger partial charge in [-0.25, -0.2) is 0 Å². The topological polar surface area (TPSA) is 64.9 Å². The molecule has 4 nitrogen and oxygen atoms in total. The first-order chi connectivity index (χ1) is 6.63. The summed E-state index contributed by atoms with van der Waals surface area (Å²) in [4.78, 5) is 4.25. The van der Waals surface area contributed by atoms with Crippen molar-refractivity contribution in [3.05, 3.63) is 11.7 Å². The molecule has 0 bridgehead atoms. The van der Waals surface area contributed by atoms with Gasteiger partial charge >= 0.3 is 0 Å². The van der Waals surface area contributed by atoms with E-state index in [2.05, 4.69) is 30.9 Å². The predicted octanol–water partition coefficient (Wildman–Crippen LogP) is 2.07. The van der Waals surface area contributed by atoms with Crippen LogP contribution in [0.2, 0.25) is 0 Å². The minimum Gasteiger partial charge on any atom is -0.338 e. The molecule has 80 valence electrons. The molecule has 0 spiro atoms. The Balaban J connectivity index is 2.57. The van der Waals surface area contributed by atoms with Gasteiger partial charge in [0, 0.05) is 6.42 Å². The van der Waals surface area contributed by atoms with E-state index in [1.54, 1.807) is 0 Å². The summed E-state index contributed by atoms with van der Waals surface area (Å²) in [5.41, 5.74) is 5.91. The molecule has 4 heteroatoms. The van der Waals surface area contributed by atoms with Gasteiger partial charge in [-0.1, -0.05) is 25.9 Å². The molecule has 1 atom stereocenters. The van der Waals surface area contributed by atoms with Crippen LogP contribution in [0.25, 0.3) is 0 Å². The van der Waals surface area contributed by atoms with Gasteiger partial charge in [-0.3, -0.25) is 0 Å². The lowest BCUT2D eigenvalue weighted by Gasteiger charge is -2.08. The van der Waals surface area contributed by atoms with E-state index >= 15 is 0 Å². The summed E-state index contributed by atoms with van der Waals surface area (Å²) < 4.78 is 5.09. The normalized spacial score (nSPS) is 13.5. The molecule has 14 heavy (non-hydrogen) atoms. The highest BCUT2D eigenvalue weighted by Crippen LogP contribution is 2.16. The zero-order chi connectivity index (χ0) is 10.6. The standard InChI is InChI=1S/C10H19N3O/c1-4-5-9-12-10(14-13-9)8(11)6-7(2)3/h7-8H,4-6,11H2,1-3H3. The molecule has 1 rings (SSSR count). The number of nitrogens with zero attached hydrogens (tertiary/aromatic N) is 2. The van der Waals surface area contributed by atoms with Crippen LogP contribution in [0.1, 0.15) is 51.4 Å². The summed E-state index contributed by atoms with van der Waals surface area (Å²) in [5, 5.41) is 3.87. The van der Waals surface area contributed by atoms with Crippen LogP contribution in [0.5, 0.6) is 0 Å². The van der Waals surface area contributed by atoms with E-state index in [1.165, 1.54) is 0 Å². The quantitative estimate of drug-likeness (QED) is 0.784. The first-order valence-electron chi connectivity index (χ1n) is 5.21. The van der Waals surface area contributed by atoms with Crippen LogP contribution >= 0.6 is 0 Å². The van der Waals surface area contributed by atoms with Gasteiger partial charge < -0.3 is 10.3 Å². The molecule has 0 aliphatic rings. The Kier molecular flexibility index (Phi) is 4.07. The second kappa shape index (κ2) is 5.10. The van der Waals surface area contributed by atoms with Crippen molar-refractivity contribution in [2.24, 2.45) is 11.7 Å². The Labute approximate surface area is 84.9 Å². The Morgan fingerprint density at radius 1 is 1.43 bits per heavy atom. The molecular weight excluding hydrogens is 178 g/mol. The number of rotatable bonds is 5. The predicted molar refractivity (Wildman–Crippen MR) is 54.7 cm³/mol. The first kappa shape index (κ1) is 11.2. The lowest BCUT2D eigenvalue weighted by Crippen LogP contribution is -2.13. The monoisotopic (exact) mass is 197 g/mol. The molecule has 0 aromatic carbocycles. The minimum absolute atomic E-state index is 0.117. The van der Waals surface area contributed by atoms with E-state index in [-0.39, 0.29) is 6.04 Å². The maximum absolute atomic E-state index is 5.91. The Hall–Kier alpha value is -0.900. The van der Waals surface area contributed by atoms with Gasteiger partial charge in [0.05, 0.1) is 6.04 Å². The van der Waals surface area contributed by atoms with E-state index in [0.29, 0.717) is 11.8 Å². The second-order valence-electron chi connectivity index (χ2n) is 4.03. The smallest absolute Gasteiger partial charge is 0.243 e. The molecular formula is C10H19N3O. The summed E-state index contributed by atoms with van der Waals surface area (Å²) >= 11 is 0. The van der Waals surface area contributed by atoms with Gasteiger partial charge in [0.1, 0.15) is 0 Å². The van der Waals surface area contributed by atoms with Crippen LogP contribution in [-0.4, -0.2) is 10.1 Å². The maximum atomic E-state index is 5.91.